The van der Waals surface area contributed by atoms with E-state index in [1.165, 1.54) is 12.1 Å². The molecule has 1 aliphatic rings. The lowest BCUT2D eigenvalue weighted by Gasteiger charge is -2.36. The lowest BCUT2D eigenvalue weighted by Crippen LogP contribution is -2.49. The molecule has 126 valence electrons. The number of carbonyl (C=O) groups excluding carboxylic acids is 1. The van der Waals surface area contributed by atoms with Crippen LogP contribution in [0.5, 0.6) is 0 Å². The van der Waals surface area contributed by atoms with Gasteiger partial charge in [-0.15, -0.1) is 0 Å². The van der Waals surface area contributed by atoms with Gasteiger partial charge in [0.15, 0.2) is 5.96 Å². The third kappa shape index (κ3) is 4.84. The fourth-order valence-electron chi connectivity index (χ4n) is 2.59. The van der Waals surface area contributed by atoms with Crippen molar-refractivity contribution < 1.29 is 9.18 Å². The Kier molecular flexibility index (Phi) is 6.19. The van der Waals surface area contributed by atoms with Crippen LogP contribution in [0.2, 0.25) is 0 Å². The predicted octanol–water partition coefficient (Wildman–Crippen LogP) is 0.659. The lowest BCUT2D eigenvalue weighted by atomic mass is 10.2. The van der Waals surface area contributed by atoms with Crippen LogP contribution in [0.25, 0.3) is 0 Å². The number of guanidine groups is 1. The number of carbonyl (C=O) groups is 1. The summed E-state index contributed by atoms with van der Waals surface area (Å²) in [6.07, 6.45) is 0.442. The van der Waals surface area contributed by atoms with Gasteiger partial charge in [0.2, 0.25) is 5.91 Å². The summed E-state index contributed by atoms with van der Waals surface area (Å²) < 4.78 is 13.0. The molecule has 1 aliphatic heterocycles. The fraction of sp³-hybridized carbons (Fsp3) is 0.500. The highest BCUT2D eigenvalue weighted by Gasteiger charge is 2.20. The summed E-state index contributed by atoms with van der Waals surface area (Å²) in [5.41, 5.74) is 0.998. The molecule has 0 atom stereocenters. The molecule has 0 aromatic heterocycles. The van der Waals surface area contributed by atoms with Gasteiger partial charge in [-0.05, 0) is 24.3 Å². The van der Waals surface area contributed by atoms with Crippen molar-refractivity contribution in [2.75, 3.05) is 51.7 Å². The van der Waals surface area contributed by atoms with Gasteiger partial charge in [-0.2, -0.15) is 0 Å². The van der Waals surface area contributed by atoms with Crippen molar-refractivity contribution in [3.05, 3.63) is 30.1 Å². The van der Waals surface area contributed by atoms with Gasteiger partial charge in [0.05, 0.1) is 0 Å². The van der Waals surface area contributed by atoms with Crippen molar-refractivity contribution in [1.29, 1.82) is 0 Å². The first kappa shape index (κ1) is 17.1. The zero-order chi connectivity index (χ0) is 16.7. The summed E-state index contributed by atoms with van der Waals surface area (Å²) in [7, 11) is 3.47. The van der Waals surface area contributed by atoms with E-state index in [-0.39, 0.29) is 11.7 Å². The number of nitrogens with one attached hydrogen (secondary N) is 2. The average Bonchev–Trinajstić information content (AvgIpc) is 2.59. The molecule has 2 N–H and O–H groups in total. The number of anilines is 1. The van der Waals surface area contributed by atoms with E-state index in [1.807, 2.05) is 4.90 Å². The predicted molar refractivity (Wildman–Crippen MR) is 90.2 cm³/mol. The van der Waals surface area contributed by atoms with Gasteiger partial charge in [0, 0.05) is 58.9 Å². The molecule has 0 spiro atoms. The molecule has 1 heterocycles. The van der Waals surface area contributed by atoms with Gasteiger partial charge >= 0.3 is 0 Å². The van der Waals surface area contributed by atoms with Gasteiger partial charge < -0.3 is 20.4 Å². The first-order valence-electron chi connectivity index (χ1n) is 7.80. The van der Waals surface area contributed by atoms with Crippen LogP contribution in [0.15, 0.2) is 29.3 Å². The van der Waals surface area contributed by atoms with E-state index in [9.17, 15) is 9.18 Å². The average molecular weight is 321 g/mol. The molecule has 0 radical (unpaired) electrons. The number of hydrogen-bond donors (Lipinski definition) is 2. The molecule has 1 fully saturated rings. The van der Waals surface area contributed by atoms with E-state index in [4.69, 9.17) is 0 Å². The maximum absolute atomic E-state index is 13.0. The fourth-order valence-corrected chi connectivity index (χ4v) is 2.59. The monoisotopic (exact) mass is 321 g/mol. The Balaban J connectivity index is 1.75. The Morgan fingerprint density at radius 2 is 1.87 bits per heavy atom. The Hall–Kier alpha value is -2.31. The molecule has 6 nitrogen and oxygen atoms in total. The van der Waals surface area contributed by atoms with Gasteiger partial charge in [-0.25, -0.2) is 4.39 Å². The van der Waals surface area contributed by atoms with Crippen LogP contribution in [0.3, 0.4) is 0 Å². The highest BCUT2D eigenvalue weighted by molar-refractivity contribution is 5.81. The molecule has 1 aromatic rings. The number of benzene rings is 1. The number of rotatable bonds is 4. The minimum absolute atomic E-state index is 0.141. The molecule has 23 heavy (non-hydrogen) atoms. The van der Waals surface area contributed by atoms with E-state index in [2.05, 4.69) is 20.5 Å². The summed E-state index contributed by atoms with van der Waals surface area (Å²) in [5, 5.41) is 5.99. The number of aliphatic imine (C=N–C) groups is 1. The van der Waals surface area contributed by atoms with Crippen LogP contribution in [0.1, 0.15) is 6.42 Å². The van der Waals surface area contributed by atoms with Crippen LogP contribution in [-0.2, 0) is 4.79 Å². The first-order chi connectivity index (χ1) is 11.1. The Morgan fingerprint density at radius 1 is 1.22 bits per heavy atom. The minimum atomic E-state index is -0.230. The highest BCUT2D eigenvalue weighted by Crippen LogP contribution is 2.17. The molecule has 0 saturated carbocycles. The van der Waals surface area contributed by atoms with Crippen LogP contribution in [0.4, 0.5) is 10.1 Å². The van der Waals surface area contributed by atoms with Crippen molar-refractivity contribution in [2.45, 2.75) is 6.42 Å². The summed E-state index contributed by atoms with van der Waals surface area (Å²) in [5.74, 6) is 0.591. The zero-order valence-corrected chi connectivity index (χ0v) is 13.7. The molecule has 0 aliphatic carbocycles. The Labute approximate surface area is 136 Å². The number of halogens is 1. The normalized spacial score (nSPS) is 15.5. The van der Waals surface area contributed by atoms with Crippen LogP contribution in [-0.4, -0.2) is 63.6 Å². The molecular weight excluding hydrogens is 297 g/mol. The lowest BCUT2D eigenvalue weighted by molar-refractivity contribution is -0.131. The van der Waals surface area contributed by atoms with E-state index >= 15 is 0 Å². The van der Waals surface area contributed by atoms with Crippen molar-refractivity contribution in [1.82, 2.24) is 15.5 Å². The van der Waals surface area contributed by atoms with Crippen molar-refractivity contribution in [3.63, 3.8) is 0 Å². The number of hydrogen-bond acceptors (Lipinski definition) is 3. The highest BCUT2D eigenvalue weighted by atomic mass is 19.1. The molecule has 1 amide bonds. The van der Waals surface area contributed by atoms with Gasteiger partial charge in [0.1, 0.15) is 5.82 Å². The van der Waals surface area contributed by atoms with Crippen LogP contribution < -0.4 is 15.5 Å². The standard InChI is InChI=1S/C16H24FN5O/c1-18-16(19-2)20-8-7-15(23)22-11-9-21(10-12-22)14-5-3-13(17)4-6-14/h3-6H,7-12H2,1-2H3,(H2,18,19,20). The summed E-state index contributed by atoms with van der Waals surface area (Å²) >= 11 is 0. The summed E-state index contributed by atoms with van der Waals surface area (Å²) in [6, 6.07) is 6.49. The smallest absolute Gasteiger partial charge is 0.224 e. The molecule has 7 heteroatoms. The maximum Gasteiger partial charge on any atom is 0.224 e. The molecule has 0 bridgehead atoms. The van der Waals surface area contributed by atoms with E-state index in [0.717, 1.165) is 18.8 Å². The van der Waals surface area contributed by atoms with E-state index < -0.39 is 0 Å². The van der Waals surface area contributed by atoms with Gasteiger partial charge in [-0.1, -0.05) is 0 Å². The summed E-state index contributed by atoms with van der Waals surface area (Å²) in [6.45, 7) is 3.48. The SMILES string of the molecule is CN=C(NC)NCCC(=O)N1CCN(c2ccc(F)cc2)CC1. The molecule has 1 saturated heterocycles. The Morgan fingerprint density at radius 3 is 2.43 bits per heavy atom. The van der Waals surface area contributed by atoms with Gasteiger partial charge in [-0.3, -0.25) is 9.79 Å². The first-order valence-corrected chi connectivity index (χ1v) is 7.80. The minimum Gasteiger partial charge on any atom is -0.368 e. The third-order valence-corrected chi connectivity index (χ3v) is 3.92. The molecular formula is C16H24FN5O. The van der Waals surface area contributed by atoms with E-state index in [0.29, 0.717) is 32.0 Å². The zero-order valence-electron chi connectivity index (χ0n) is 13.7. The quantitative estimate of drug-likeness (QED) is 0.632. The van der Waals surface area contributed by atoms with Gasteiger partial charge in [0.25, 0.3) is 0 Å². The number of nitrogens with zero attached hydrogens (tertiary/aromatic N) is 3. The number of amides is 1. The third-order valence-electron chi connectivity index (χ3n) is 3.92. The second-order valence-electron chi connectivity index (χ2n) is 5.34. The van der Waals surface area contributed by atoms with Crippen LogP contribution in [0, 0.1) is 5.82 Å². The summed E-state index contributed by atoms with van der Waals surface area (Å²) in [4.78, 5) is 20.3. The van der Waals surface area contributed by atoms with Crippen molar-refractivity contribution in [3.8, 4) is 0 Å². The maximum atomic E-state index is 13.0. The van der Waals surface area contributed by atoms with Crippen molar-refractivity contribution in [2.24, 2.45) is 4.99 Å². The molecule has 0 unspecified atom stereocenters. The molecule has 2 rings (SSSR count). The van der Waals surface area contributed by atoms with Crippen LogP contribution >= 0.6 is 0 Å². The topological polar surface area (TPSA) is 60.0 Å². The molecule has 1 aromatic carbocycles. The number of piperazine rings is 1. The Bertz CT molecular complexity index is 538. The van der Waals surface area contributed by atoms with E-state index in [1.54, 1.807) is 26.2 Å². The second-order valence-corrected chi connectivity index (χ2v) is 5.34. The second kappa shape index (κ2) is 8.36. The largest absolute Gasteiger partial charge is 0.368 e. The van der Waals surface area contributed by atoms with Crippen molar-refractivity contribution >= 4 is 17.6 Å².